The van der Waals surface area contributed by atoms with E-state index in [9.17, 15) is 14.0 Å². The highest BCUT2D eigenvalue weighted by atomic mass is 32.1. The third kappa shape index (κ3) is 5.24. The molecule has 1 unspecified atom stereocenters. The number of nitrogens with zero attached hydrogens (tertiary/aromatic N) is 1. The van der Waals surface area contributed by atoms with Gasteiger partial charge in [-0.25, -0.2) is 4.39 Å². The third-order valence-electron chi connectivity index (χ3n) is 5.65. The standard InChI is InChI=1S/C28H25FN2O2S/c1-19-9-3-5-14-24(19)27(28(33)30-25-15-6-4-10-20(25)2)31(22-12-7-11-21(29)17-22)26(32)18-23-13-8-16-34-23/h3-17,27H,18H2,1-2H3,(H,30,33). The first-order valence-electron chi connectivity index (χ1n) is 11.0. The molecular weight excluding hydrogens is 447 g/mol. The lowest BCUT2D eigenvalue weighted by Crippen LogP contribution is -2.42. The Kier molecular flexibility index (Phi) is 7.18. The van der Waals surface area contributed by atoms with Gasteiger partial charge in [0.2, 0.25) is 5.91 Å². The molecule has 4 nitrogen and oxygen atoms in total. The van der Waals surface area contributed by atoms with Crippen LogP contribution in [0.2, 0.25) is 0 Å². The Morgan fingerprint density at radius 1 is 0.912 bits per heavy atom. The molecule has 0 aliphatic carbocycles. The summed E-state index contributed by atoms with van der Waals surface area (Å²) in [4.78, 5) is 29.8. The first kappa shape index (κ1) is 23.4. The van der Waals surface area contributed by atoms with Crippen molar-refractivity contribution in [3.8, 4) is 0 Å². The van der Waals surface area contributed by atoms with Crippen molar-refractivity contribution in [2.75, 3.05) is 10.2 Å². The molecular formula is C28H25FN2O2S. The molecule has 3 aromatic carbocycles. The predicted molar refractivity (Wildman–Crippen MR) is 136 cm³/mol. The van der Waals surface area contributed by atoms with E-state index in [4.69, 9.17) is 0 Å². The number of carbonyl (C=O) groups excluding carboxylic acids is 2. The molecule has 0 aliphatic rings. The zero-order chi connectivity index (χ0) is 24.1. The third-order valence-corrected chi connectivity index (χ3v) is 6.53. The largest absolute Gasteiger partial charge is 0.324 e. The van der Waals surface area contributed by atoms with E-state index >= 15 is 0 Å². The fourth-order valence-electron chi connectivity index (χ4n) is 3.92. The molecule has 4 aromatic rings. The van der Waals surface area contributed by atoms with Crippen LogP contribution >= 0.6 is 11.3 Å². The Morgan fingerprint density at radius 3 is 2.32 bits per heavy atom. The van der Waals surface area contributed by atoms with E-state index in [-0.39, 0.29) is 18.2 Å². The van der Waals surface area contributed by atoms with Crippen molar-refractivity contribution in [1.29, 1.82) is 0 Å². The average molecular weight is 473 g/mol. The molecule has 34 heavy (non-hydrogen) atoms. The van der Waals surface area contributed by atoms with Crippen molar-refractivity contribution in [3.05, 3.63) is 118 Å². The highest BCUT2D eigenvalue weighted by Crippen LogP contribution is 2.32. The van der Waals surface area contributed by atoms with Crippen molar-refractivity contribution < 1.29 is 14.0 Å². The maximum absolute atomic E-state index is 14.3. The van der Waals surface area contributed by atoms with E-state index in [1.165, 1.54) is 28.4 Å². The number of aryl methyl sites for hydroxylation is 2. The summed E-state index contributed by atoms with van der Waals surface area (Å²) < 4.78 is 14.3. The Balaban J connectivity index is 1.83. The minimum Gasteiger partial charge on any atom is -0.324 e. The van der Waals surface area contributed by atoms with Gasteiger partial charge in [0.25, 0.3) is 5.91 Å². The van der Waals surface area contributed by atoms with Crippen molar-refractivity contribution in [3.63, 3.8) is 0 Å². The lowest BCUT2D eigenvalue weighted by atomic mass is 9.97. The Bertz CT molecular complexity index is 1300. The summed E-state index contributed by atoms with van der Waals surface area (Å²) in [5.74, 6) is -1.14. The van der Waals surface area contributed by atoms with Gasteiger partial charge in [0.1, 0.15) is 11.9 Å². The van der Waals surface area contributed by atoms with Crippen LogP contribution in [0, 0.1) is 19.7 Å². The number of amides is 2. The van der Waals surface area contributed by atoms with Crippen LogP contribution in [0.5, 0.6) is 0 Å². The van der Waals surface area contributed by atoms with Gasteiger partial charge in [-0.15, -0.1) is 11.3 Å². The minimum absolute atomic E-state index is 0.105. The fraction of sp³-hybridized carbons (Fsp3) is 0.143. The molecule has 0 spiro atoms. The number of rotatable bonds is 7. The van der Waals surface area contributed by atoms with Crippen LogP contribution in [0.25, 0.3) is 0 Å². The van der Waals surface area contributed by atoms with E-state index in [0.29, 0.717) is 16.9 Å². The van der Waals surface area contributed by atoms with E-state index in [1.54, 1.807) is 12.1 Å². The highest BCUT2D eigenvalue weighted by Gasteiger charge is 2.34. The zero-order valence-corrected chi connectivity index (χ0v) is 19.8. The molecule has 1 heterocycles. The van der Waals surface area contributed by atoms with Gasteiger partial charge in [0, 0.05) is 16.3 Å². The number of nitrogens with one attached hydrogen (secondary N) is 1. The van der Waals surface area contributed by atoms with Crippen LogP contribution in [0.1, 0.15) is 27.6 Å². The van der Waals surface area contributed by atoms with E-state index in [0.717, 1.165) is 16.0 Å². The number of para-hydroxylation sites is 1. The summed E-state index contributed by atoms with van der Waals surface area (Å²) in [5, 5.41) is 4.89. The second-order valence-electron chi connectivity index (χ2n) is 8.06. The molecule has 1 N–H and O–H groups in total. The summed E-state index contributed by atoms with van der Waals surface area (Å²) in [6.45, 7) is 3.81. The van der Waals surface area contributed by atoms with E-state index < -0.39 is 11.9 Å². The van der Waals surface area contributed by atoms with Crippen LogP contribution in [0.15, 0.2) is 90.3 Å². The number of thiophene rings is 1. The highest BCUT2D eigenvalue weighted by molar-refractivity contribution is 7.10. The average Bonchev–Trinajstić information content (AvgIpc) is 3.32. The molecule has 6 heteroatoms. The molecule has 1 aromatic heterocycles. The fourth-order valence-corrected chi connectivity index (χ4v) is 4.61. The number of hydrogen-bond donors (Lipinski definition) is 1. The van der Waals surface area contributed by atoms with Crippen molar-refractivity contribution >= 4 is 34.5 Å². The first-order chi connectivity index (χ1) is 16.4. The molecule has 172 valence electrons. The summed E-state index contributed by atoms with van der Waals surface area (Å²) in [6, 6.07) is 23.5. The molecule has 1 atom stereocenters. The second-order valence-corrected chi connectivity index (χ2v) is 9.10. The predicted octanol–water partition coefficient (Wildman–Crippen LogP) is 6.46. The van der Waals surface area contributed by atoms with Gasteiger partial charge in [-0.1, -0.05) is 54.6 Å². The van der Waals surface area contributed by atoms with Crippen LogP contribution in [0.3, 0.4) is 0 Å². The lowest BCUT2D eigenvalue weighted by molar-refractivity contribution is -0.123. The number of halogens is 1. The molecule has 0 bridgehead atoms. The Morgan fingerprint density at radius 2 is 1.65 bits per heavy atom. The second kappa shape index (κ2) is 10.4. The maximum atomic E-state index is 14.3. The van der Waals surface area contributed by atoms with Gasteiger partial charge < -0.3 is 5.32 Å². The number of benzene rings is 3. The maximum Gasteiger partial charge on any atom is 0.252 e. The van der Waals surface area contributed by atoms with Crippen molar-refractivity contribution in [1.82, 2.24) is 0 Å². The summed E-state index contributed by atoms with van der Waals surface area (Å²) in [5.41, 5.74) is 3.43. The minimum atomic E-state index is -0.991. The number of hydrogen-bond acceptors (Lipinski definition) is 3. The van der Waals surface area contributed by atoms with Gasteiger partial charge >= 0.3 is 0 Å². The molecule has 0 saturated heterocycles. The zero-order valence-electron chi connectivity index (χ0n) is 19.0. The number of anilines is 2. The Labute approximate surface area is 202 Å². The van der Waals surface area contributed by atoms with Crippen LogP contribution in [0.4, 0.5) is 15.8 Å². The number of carbonyl (C=O) groups is 2. The molecule has 0 fully saturated rings. The monoisotopic (exact) mass is 472 g/mol. The van der Waals surface area contributed by atoms with Gasteiger partial charge in [-0.2, -0.15) is 0 Å². The molecule has 0 radical (unpaired) electrons. The summed E-state index contributed by atoms with van der Waals surface area (Å²) in [6.07, 6.45) is 0.105. The van der Waals surface area contributed by atoms with Crippen molar-refractivity contribution in [2.45, 2.75) is 26.3 Å². The summed E-state index contributed by atoms with van der Waals surface area (Å²) in [7, 11) is 0. The van der Waals surface area contributed by atoms with E-state index in [1.807, 2.05) is 79.9 Å². The van der Waals surface area contributed by atoms with Crippen molar-refractivity contribution in [2.24, 2.45) is 0 Å². The van der Waals surface area contributed by atoms with Gasteiger partial charge in [-0.05, 0) is 66.2 Å². The van der Waals surface area contributed by atoms with E-state index in [2.05, 4.69) is 5.32 Å². The summed E-state index contributed by atoms with van der Waals surface area (Å²) >= 11 is 1.47. The molecule has 2 amide bonds. The first-order valence-corrected chi connectivity index (χ1v) is 11.8. The quantitative estimate of drug-likeness (QED) is 0.336. The topological polar surface area (TPSA) is 49.4 Å². The molecule has 0 aliphatic heterocycles. The lowest BCUT2D eigenvalue weighted by Gasteiger charge is -2.32. The van der Waals surface area contributed by atoms with Gasteiger partial charge in [0.05, 0.1) is 6.42 Å². The van der Waals surface area contributed by atoms with Gasteiger partial charge in [0.15, 0.2) is 0 Å². The van der Waals surface area contributed by atoms with Crippen LogP contribution in [-0.4, -0.2) is 11.8 Å². The smallest absolute Gasteiger partial charge is 0.252 e. The van der Waals surface area contributed by atoms with Crippen LogP contribution in [-0.2, 0) is 16.0 Å². The Hall–Kier alpha value is -3.77. The van der Waals surface area contributed by atoms with Crippen LogP contribution < -0.4 is 10.2 Å². The van der Waals surface area contributed by atoms with Gasteiger partial charge in [-0.3, -0.25) is 14.5 Å². The molecule has 4 rings (SSSR count). The molecule has 0 saturated carbocycles. The SMILES string of the molecule is Cc1ccccc1NC(=O)C(c1ccccc1C)N(C(=O)Cc1cccs1)c1cccc(F)c1. The normalized spacial score (nSPS) is 11.6.